The van der Waals surface area contributed by atoms with E-state index < -0.39 is 21.7 Å². The first-order valence-corrected chi connectivity index (χ1v) is 11.2. The summed E-state index contributed by atoms with van der Waals surface area (Å²) in [6.07, 6.45) is 0.0506. The zero-order valence-electron chi connectivity index (χ0n) is 16.8. The Morgan fingerprint density at radius 1 is 1.19 bits per heavy atom. The number of para-hydroxylation sites is 1. The third-order valence-corrected chi connectivity index (χ3v) is 7.17. The number of rotatable bonds is 4. The molecule has 0 bridgehead atoms. The maximum absolute atomic E-state index is 13.8. The summed E-state index contributed by atoms with van der Waals surface area (Å²) in [6, 6.07) is 17.3. The van der Waals surface area contributed by atoms with Crippen molar-refractivity contribution in [3.8, 4) is 11.8 Å². The van der Waals surface area contributed by atoms with Crippen LogP contribution in [0.4, 0.5) is 0 Å². The lowest BCUT2D eigenvalue weighted by atomic mass is 9.86. The van der Waals surface area contributed by atoms with Gasteiger partial charge in [0.2, 0.25) is 9.84 Å². The highest BCUT2D eigenvalue weighted by Crippen LogP contribution is 2.46. The molecular formula is C23H20N2O5S. The predicted molar refractivity (Wildman–Crippen MR) is 112 cm³/mol. The number of carbonyl (C=O) groups is 1. The van der Waals surface area contributed by atoms with Crippen molar-refractivity contribution in [2.45, 2.75) is 24.2 Å². The number of allylic oxidation sites excluding steroid dienone is 2. The molecule has 158 valence electrons. The molecule has 2 aromatic carbocycles. The number of dihydropyridines is 1. The number of sulfone groups is 1. The van der Waals surface area contributed by atoms with Crippen molar-refractivity contribution in [3.05, 3.63) is 82.0 Å². The highest BCUT2D eigenvalue weighted by molar-refractivity contribution is 7.95. The molecule has 7 nitrogen and oxygen atoms in total. The van der Waals surface area contributed by atoms with Gasteiger partial charge >= 0.3 is 5.97 Å². The summed E-state index contributed by atoms with van der Waals surface area (Å²) in [6.45, 7) is 1.65. The molecule has 2 heterocycles. The van der Waals surface area contributed by atoms with Crippen LogP contribution in [-0.2, 0) is 19.4 Å². The van der Waals surface area contributed by atoms with Gasteiger partial charge < -0.3 is 14.8 Å². The van der Waals surface area contributed by atoms with Crippen molar-refractivity contribution in [1.29, 1.82) is 5.26 Å². The number of hydrogen-bond acceptors (Lipinski definition) is 7. The SMILES string of the molecule is CC1=C(C(=O)OCCC#N)C(c2ccccc2)C2=C(COc3ccccc3S2(=O)=O)N1. The van der Waals surface area contributed by atoms with Gasteiger partial charge in [0.05, 0.1) is 34.6 Å². The van der Waals surface area contributed by atoms with E-state index in [-0.39, 0.29) is 40.8 Å². The Kier molecular flexibility index (Phi) is 5.53. The zero-order valence-corrected chi connectivity index (χ0v) is 17.6. The maximum atomic E-state index is 13.8. The van der Waals surface area contributed by atoms with Crippen LogP contribution in [-0.4, -0.2) is 27.6 Å². The summed E-state index contributed by atoms with van der Waals surface area (Å²) in [7, 11) is -3.99. The lowest BCUT2D eigenvalue weighted by Crippen LogP contribution is -2.33. The van der Waals surface area contributed by atoms with Crippen LogP contribution in [0.15, 0.2) is 81.4 Å². The minimum absolute atomic E-state index is 0.0169. The molecular weight excluding hydrogens is 416 g/mol. The van der Waals surface area contributed by atoms with Gasteiger partial charge in [-0.3, -0.25) is 0 Å². The Bertz CT molecular complexity index is 1240. The van der Waals surface area contributed by atoms with Gasteiger partial charge in [-0.1, -0.05) is 42.5 Å². The van der Waals surface area contributed by atoms with Gasteiger partial charge in [-0.25, -0.2) is 13.2 Å². The van der Waals surface area contributed by atoms with Gasteiger partial charge in [0.15, 0.2) is 0 Å². The predicted octanol–water partition coefficient (Wildman–Crippen LogP) is 3.18. The summed E-state index contributed by atoms with van der Waals surface area (Å²) in [4.78, 5) is 13.1. The van der Waals surface area contributed by atoms with Gasteiger partial charge in [0, 0.05) is 5.70 Å². The van der Waals surface area contributed by atoms with Crippen molar-refractivity contribution >= 4 is 15.8 Å². The van der Waals surface area contributed by atoms with Gasteiger partial charge in [0.1, 0.15) is 23.9 Å². The molecule has 0 aromatic heterocycles. The largest absolute Gasteiger partial charge is 0.486 e. The van der Waals surface area contributed by atoms with E-state index in [4.69, 9.17) is 14.7 Å². The second kappa shape index (κ2) is 8.28. The summed E-state index contributed by atoms with van der Waals surface area (Å²) in [5, 5.41) is 11.8. The highest BCUT2D eigenvalue weighted by Gasteiger charge is 2.43. The van der Waals surface area contributed by atoms with Crippen LogP contribution in [0.3, 0.4) is 0 Å². The van der Waals surface area contributed by atoms with E-state index in [1.54, 1.807) is 49.4 Å². The Balaban J connectivity index is 1.90. The van der Waals surface area contributed by atoms with Crippen LogP contribution in [0.1, 0.15) is 24.8 Å². The molecule has 1 N–H and O–H groups in total. The van der Waals surface area contributed by atoms with E-state index >= 15 is 0 Å². The van der Waals surface area contributed by atoms with Crippen LogP contribution < -0.4 is 10.1 Å². The van der Waals surface area contributed by atoms with Gasteiger partial charge in [-0.05, 0) is 24.6 Å². The number of carbonyl (C=O) groups excluding carboxylic acids is 1. The van der Waals surface area contributed by atoms with Crippen LogP contribution in [0.5, 0.6) is 5.75 Å². The van der Waals surface area contributed by atoms with Crippen molar-refractivity contribution in [2.75, 3.05) is 13.2 Å². The monoisotopic (exact) mass is 436 g/mol. The van der Waals surface area contributed by atoms with Crippen molar-refractivity contribution in [2.24, 2.45) is 0 Å². The Labute approximate surface area is 180 Å². The standard InChI is InChI=1S/C23H20N2O5S/c1-15-20(23(26)29-13-7-12-24)21(16-8-3-2-4-9-16)22-17(25-15)14-30-18-10-5-6-11-19(18)31(22,27)28/h2-6,8-11,21,25H,7,13-14H2,1H3. The first-order chi connectivity index (χ1) is 14.9. The molecule has 2 aromatic rings. The van der Waals surface area contributed by atoms with E-state index in [9.17, 15) is 13.2 Å². The lowest BCUT2D eigenvalue weighted by molar-refractivity contribution is -0.139. The topological polar surface area (TPSA) is 105 Å². The third-order valence-electron chi connectivity index (χ3n) is 5.19. The fraction of sp³-hybridized carbons (Fsp3) is 0.217. The number of esters is 1. The number of nitrogens with one attached hydrogen (secondary N) is 1. The summed E-state index contributed by atoms with van der Waals surface area (Å²) in [5.41, 5.74) is 1.72. The number of hydrogen-bond donors (Lipinski definition) is 1. The fourth-order valence-corrected chi connectivity index (χ4v) is 5.75. The van der Waals surface area contributed by atoms with E-state index in [0.29, 0.717) is 17.0 Å². The number of nitrogens with zero attached hydrogens (tertiary/aromatic N) is 1. The Hall–Kier alpha value is -3.57. The van der Waals surface area contributed by atoms with E-state index in [1.807, 2.05) is 12.1 Å². The first kappa shape index (κ1) is 20.7. The third kappa shape index (κ3) is 3.68. The molecule has 8 heteroatoms. The second-order valence-electron chi connectivity index (χ2n) is 7.13. The molecule has 4 rings (SSSR count). The smallest absolute Gasteiger partial charge is 0.336 e. The van der Waals surface area contributed by atoms with Crippen LogP contribution in [0.25, 0.3) is 0 Å². The van der Waals surface area contributed by atoms with Crippen LogP contribution in [0, 0.1) is 11.3 Å². The van der Waals surface area contributed by atoms with Gasteiger partial charge in [0.25, 0.3) is 0 Å². The molecule has 0 amide bonds. The van der Waals surface area contributed by atoms with Crippen LogP contribution in [0.2, 0.25) is 0 Å². The Morgan fingerprint density at radius 2 is 1.90 bits per heavy atom. The summed E-state index contributed by atoms with van der Waals surface area (Å²) in [5.74, 6) is -1.26. The molecule has 2 aliphatic rings. The minimum atomic E-state index is -3.99. The molecule has 0 saturated heterocycles. The number of nitriles is 1. The molecule has 0 aliphatic carbocycles. The molecule has 2 aliphatic heterocycles. The van der Waals surface area contributed by atoms with Gasteiger partial charge in [-0.15, -0.1) is 0 Å². The van der Waals surface area contributed by atoms with Crippen molar-refractivity contribution < 1.29 is 22.7 Å². The molecule has 1 unspecified atom stereocenters. The molecule has 1 atom stereocenters. The van der Waals surface area contributed by atoms with E-state index in [1.165, 1.54) is 6.07 Å². The molecule has 0 spiro atoms. The van der Waals surface area contributed by atoms with E-state index in [2.05, 4.69) is 5.32 Å². The normalized spacial score (nSPS) is 19.2. The molecule has 0 saturated carbocycles. The Morgan fingerprint density at radius 3 is 2.65 bits per heavy atom. The first-order valence-electron chi connectivity index (χ1n) is 9.72. The van der Waals surface area contributed by atoms with Crippen LogP contribution >= 0.6 is 0 Å². The number of fused-ring (bicyclic) bond motifs is 1. The molecule has 0 radical (unpaired) electrons. The van der Waals surface area contributed by atoms with Crippen molar-refractivity contribution in [1.82, 2.24) is 5.32 Å². The number of ether oxygens (including phenoxy) is 2. The fourth-order valence-electron chi connectivity index (χ4n) is 3.86. The average Bonchev–Trinajstić information content (AvgIpc) is 2.88. The second-order valence-corrected chi connectivity index (χ2v) is 9.02. The zero-order chi connectivity index (χ0) is 22.0. The van der Waals surface area contributed by atoms with Gasteiger partial charge in [-0.2, -0.15) is 5.26 Å². The highest BCUT2D eigenvalue weighted by atomic mass is 32.2. The quantitative estimate of drug-likeness (QED) is 0.580. The van der Waals surface area contributed by atoms with Crippen molar-refractivity contribution in [3.63, 3.8) is 0 Å². The number of benzene rings is 2. The summed E-state index contributed by atoms with van der Waals surface area (Å²) < 4.78 is 38.6. The maximum Gasteiger partial charge on any atom is 0.336 e. The van der Waals surface area contributed by atoms with E-state index in [0.717, 1.165) is 0 Å². The minimum Gasteiger partial charge on any atom is -0.486 e. The average molecular weight is 436 g/mol. The molecule has 0 fully saturated rings. The lowest BCUT2D eigenvalue weighted by Gasteiger charge is -2.31. The molecule has 31 heavy (non-hydrogen) atoms. The summed E-state index contributed by atoms with van der Waals surface area (Å²) >= 11 is 0.